The molecule has 0 amide bonds. The predicted octanol–water partition coefficient (Wildman–Crippen LogP) is -2.52. The summed E-state index contributed by atoms with van der Waals surface area (Å²) in [5.74, 6) is -1.72. The quantitative estimate of drug-likeness (QED) is 0.490. The summed E-state index contributed by atoms with van der Waals surface area (Å²) in [6, 6.07) is 5.17. The van der Waals surface area contributed by atoms with Crippen molar-refractivity contribution < 1.29 is 28.4 Å². The van der Waals surface area contributed by atoms with Gasteiger partial charge < -0.3 is 19.9 Å². The van der Waals surface area contributed by atoms with Gasteiger partial charge in [-0.15, -0.1) is 0 Å². The van der Waals surface area contributed by atoms with Gasteiger partial charge in [0.1, 0.15) is 0 Å². The minimum Gasteiger partial charge on any atom is -0.545 e. The van der Waals surface area contributed by atoms with Crippen LogP contribution in [-0.2, 0) is 15.8 Å². The first-order valence-electron chi connectivity index (χ1n) is 4.94. The van der Waals surface area contributed by atoms with Crippen LogP contribution in [-0.4, -0.2) is 38.0 Å². The molecule has 0 spiro atoms. The zero-order valence-corrected chi connectivity index (χ0v) is 10.1. The Hall–Kier alpha value is -1.42. The van der Waals surface area contributed by atoms with Gasteiger partial charge in [0.05, 0.1) is 11.7 Å². The van der Waals surface area contributed by atoms with E-state index in [1.807, 2.05) is 4.72 Å². The molecule has 0 atom stereocenters. The number of hydrogen-bond acceptors (Lipinski definition) is 6. The molecule has 1 rings (SSSR count). The lowest BCUT2D eigenvalue weighted by Crippen LogP contribution is -2.35. The molecule has 0 radical (unpaired) electrons. The van der Waals surface area contributed by atoms with Crippen molar-refractivity contribution in [3.05, 3.63) is 35.4 Å². The van der Waals surface area contributed by atoms with Crippen molar-refractivity contribution in [1.29, 1.82) is 0 Å². The molecule has 7 nitrogen and oxygen atoms in total. The van der Waals surface area contributed by atoms with Gasteiger partial charge in [-0.3, -0.25) is 0 Å². The second-order valence-corrected chi connectivity index (χ2v) is 5.38. The Labute approximate surface area is 104 Å². The molecule has 0 aliphatic heterocycles. The molecule has 1 aromatic carbocycles. The lowest BCUT2D eigenvalue weighted by Gasteiger charge is -2.07. The van der Waals surface area contributed by atoms with E-state index >= 15 is 0 Å². The highest BCUT2D eigenvalue weighted by Crippen LogP contribution is 2.07. The molecule has 0 saturated heterocycles. The largest absolute Gasteiger partial charge is 0.545 e. The Balaban J connectivity index is 2.69. The standard InChI is InChI=1S/C9H12BNO6S/c12-9(13)8-3-1-7(2-4-8)5-18(16,17)11-6-10(14)15/h1-4,11,14-15H,5-6H2,(H,12,13)/p-1. The summed E-state index contributed by atoms with van der Waals surface area (Å²) in [4.78, 5) is 10.5. The Kier molecular flexibility index (Phi) is 4.85. The fourth-order valence-corrected chi connectivity index (χ4v) is 2.35. The third-order valence-corrected chi connectivity index (χ3v) is 3.35. The van der Waals surface area contributed by atoms with Crippen LogP contribution in [0, 0.1) is 0 Å². The smallest absolute Gasteiger partial charge is 0.467 e. The van der Waals surface area contributed by atoms with Crippen molar-refractivity contribution in [1.82, 2.24) is 4.72 Å². The molecule has 0 saturated carbocycles. The Morgan fingerprint density at radius 3 is 2.28 bits per heavy atom. The molecule has 0 aliphatic carbocycles. The number of hydrogen-bond donors (Lipinski definition) is 3. The number of aromatic carboxylic acids is 1. The van der Waals surface area contributed by atoms with Crippen LogP contribution in [0.3, 0.4) is 0 Å². The summed E-state index contributed by atoms with van der Waals surface area (Å²) in [7, 11) is -5.46. The van der Waals surface area contributed by atoms with E-state index in [-0.39, 0.29) is 11.3 Å². The predicted molar refractivity (Wildman–Crippen MR) is 61.6 cm³/mol. The molecule has 0 fully saturated rings. The van der Waals surface area contributed by atoms with E-state index in [2.05, 4.69) is 0 Å². The maximum Gasteiger partial charge on any atom is 0.467 e. The Morgan fingerprint density at radius 1 is 1.28 bits per heavy atom. The van der Waals surface area contributed by atoms with E-state index in [9.17, 15) is 18.3 Å². The van der Waals surface area contributed by atoms with E-state index in [0.29, 0.717) is 5.56 Å². The Morgan fingerprint density at radius 2 is 1.83 bits per heavy atom. The highest BCUT2D eigenvalue weighted by Gasteiger charge is 2.15. The number of carboxylic acid groups (broad SMARTS) is 1. The van der Waals surface area contributed by atoms with Gasteiger partial charge in [0.15, 0.2) is 0 Å². The van der Waals surface area contributed by atoms with Crippen molar-refractivity contribution in [3.63, 3.8) is 0 Å². The normalized spacial score (nSPS) is 11.2. The molecule has 0 unspecified atom stereocenters. The molecule has 3 N–H and O–H groups in total. The summed E-state index contributed by atoms with van der Waals surface area (Å²) in [6.07, 6.45) is -0.501. The molecule has 0 aromatic heterocycles. The molecule has 0 heterocycles. The maximum atomic E-state index is 11.5. The third kappa shape index (κ3) is 4.84. The summed E-state index contributed by atoms with van der Waals surface area (Å²) in [6.45, 7) is 0. The van der Waals surface area contributed by atoms with Gasteiger partial charge in [0.25, 0.3) is 0 Å². The van der Waals surface area contributed by atoms with Crippen LogP contribution in [0.1, 0.15) is 15.9 Å². The van der Waals surface area contributed by atoms with Crippen molar-refractivity contribution in [2.45, 2.75) is 5.75 Å². The molecule has 1 aromatic rings. The Bertz CT molecular complexity index is 512. The summed E-state index contributed by atoms with van der Waals surface area (Å²) in [5.41, 5.74) is 0.329. The average molecular weight is 272 g/mol. The molecule has 0 aliphatic rings. The lowest BCUT2D eigenvalue weighted by molar-refractivity contribution is -0.255. The fraction of sp³-hybridized carbons (Fsp3) is 0.222. The first-order chi connectivity index (χ1) is 8.30. The zero-order chi connectivity index (χ0) is 13.8. The van der Waals surface area contributed by atoms with E-state index in [1.54, 1.807) is 0 Å². The van der Waals surface area contributed by atoms with E-state index in [4.69, 9.17) is 10.0 Å². The second-order valence-electron chi connectivity index (χ2n) is 3.57. The number of carbonyl (C=O) groups is 1. The fourth-order valence-electron chi connectivity index (χ4n) is 1.21. The first-order valence-corrected chi connectivity index (χ1v) is 6.59. The SMILES string of the molecule is O=C([O-])c1ccc(CS(=O)(=O)NCB(O)O)cc1. The number of carboxylic acids is 1. The molecule has 9 heteroatoms. The number of nitrogens with one attached hydrogen (secondary N) is 1. The summed E-state index contributed by atoms with van der Waals surface area (Å²) in [5, 5.41) is 27.5. The van der Waals surface area contributed by atoms with E-state index < -0.39 is 29.6 Å². The van der Waals surface area contributed by atoms with Crippen LogP contribution in [0.5, 0.6) is 0 Å². The monoisotopic (exact) mass is 272 g/mol. The van der Waals surface area contributed by atoms with Crippen molar-refractivity contribution >= 4 is 23.1 Å². The molecule has 0 bridgehead atoms. The zero-order valence-electron chi connectivity index (χ0n) is 9.24. The first kappa shape index (κ1) is 14.6. The van der Waals surface area contributed by atoms with Gasteiger partial charge in [0.2, 0.25) is 10.0 Å². The number of benzene rings is 1. The summed E-state index contributed by atoms with van der Waals surface area (Å²) >= 11 is 0. The van der Waals surface area contributed by atoms with Gasteiger partial charge in [-0.25, -0.2) is 13.1 Å². The molecular weight excluding hydrogens is 261 g/mol. The van der Waals surface area contributed by atoms with Gasteiger partial charge in [-0.1, -0.05) is 24.3 Å². The highest BCUT2D eigenvalue weighted by atomic mass is 32.2. The van der Waals surface area contributed by atoms with Crippen molar-refractivity contribution in [2.24, 2.45) is 0 Å². The van der Waals surface area contributed by atoms with Crippen LogP contribution in [0.15, 0.2) is 24.3 Å². The number of sulfonamides is 1. The summed E-state index contributed by atoms with van der Waals surface area (Å²) < 4.78 is 24.9. The van der Waals surface area contributed by atoms with Crippen LogP contribution in [0.4, 0.5) is 0 Å². The average Bonchev–Trinajstić information content (AvgIpc) is 2.27. The van der Waals surface area contributed by atoms with E-state index in [0.717, 1.165) is 0 Å². The van der Waals surface area contributed by atoms with Crippen LogP contribution < -0.4 is 9.83 Å². The minimum atomic E-state index is -3.70. The van der Waals surface area contributed by atoms with Gasteiger partial charge in [0, 0.05) is 6.44 Å². The minimum absolute atomic E-state index is 0.0464. The van der Waals surface area contributed by atoms with Crippen LogP contribution in [0.2, 0.25) is 0 Å². The van der Waals surface area contributed by atoms with Gasteiger partial charge in [-0.05, 0) is 11.1 Å². The van der Waals surface area contributed by atoms with Crippen molar-refractivity contribution in [2.75, 3.05) is 6.44 Å². The molecular formula is C9H11BNO6S-. The molecule has 98 valence electrons. The number of carbonyl (C=O) groups excluding carboxylic acids is 1. The van der Waals surface area contributed by atoms with Gasteiger partial charge in [-0.2, -0.15) is 0 Å². The highest BCUT2D eigenvalue weighted by molar-refractivity contribution is 7.88. The maximum absolute atomic E-state index is 11.5. The lowest BCUT2D eigenvalue weighted by atomic mass is 9.94. The number of rotatable bonds is 6. The van der Waals surface area contributed by atoms with E-state index in [1.165, 1.54) is 24.3 Å². The van der Waals surface area contributed by atoms with Crippen LogP contribution in [0.25, 0.3) is 0 Å². The third-order valence-electron chi connectivity index (χ3n) is 2.03. The van der Waals surface area contributed by atoms with Crippen molar-refractivity contribution in [3.8, 4) is 0 Å². The second kappa shape index (κ2) is 5.96. The molecule has 18 heavy (non-hydrogen) atoms. The van der Waals surface area contributed by atoms with Crippen LogP contribution >= 0.6 is 0 Å². The topological polar surface area (TPSA) is 127 Å². The van der Waals surface area contributed by atoms with Gasteiger partial charge >= 0.3 is 7.12 Å².